The van der Waals surface area contributed by atoms with Gasteiger partial charge in [-0.1, -0.05) is 0 Å². The van der Waals surface area contributed by atoms with Crippen LogP contribution in [0.5, 0.6) is 0 Å². The van der Waals surface area contributed by atoms with Crippen molar-refractivity contribution in [1.29, 1.82) is 5.26 Å². The molecule has 0 saturated carbocycles. The van der Waals surface area contributed by atoms with E-state index in [9.17, 15) is 16.8 Å². The number of rotatable bonds is 3. The van der Waals surface area contributed by atoms with Gasteiger partial charge in [-0.2, -0.15) is 9.57 Å². The van der Waals surface area contributed by atoms with Gasteiger partial charge in [0.15, 0.2) is 0 Å². The molecule has 1 aliphatic heterocycles. The highest BCUT2D eigenvalue weighted by Crippen LogP contribution is 2.27. The Labute approximate surface area is 121 Å². The summed E-state index contributed by atoms with van der Waals surface area (Å²) in [5.74, 6) is 0. The third-order valence-corrected chi connectivity index (χ3v) is 7.73. The van der Waals surface area contributed by atoms with Crippen molar-refractivity contribution < 1.29 is 16.8 Å². The zero-order chi connectivity index (χ0) is 15.0. The molecule has 2 heterocycles. The quantitative estimate of drug-likeness (QED) is 0.837. The van der Waals surface area contributed by atoms with Crippen LogP contribution in [0.3, 0.4) is 0 Å². The molecule has 0 radical (unpaired) electrons. The van der Waals surface area contributed by atoms with E-state index in [1.54, 1.807) is 0 Å². The first-order chi connectivity index (χ1) is 9.25. The Morgan fingerprint density at radius 2 is 2.05 bits per heavy atom. The first kappa shape index (κ1) is 15.4. The van der Waals surface area contributed by atoms with Crippen LogP contribution in [0.4, 0.5) is 0 Å². The normalized spacial score (nSPS) is 21.5. The highest BCUT2D eigenvalue weighted by atomic mass is 32.2. The van der Waals surface area contributed by atoms with Crippen LogP contribution < -0.4 is 5.14 Å². The fraction of sp³-hybridized carbons (Fsp3) is 0.500. The molecule has 1 saturated heterocycles. The van der Waals surface area contributed by atoms with Gasteiger partial charge in [-0.25, -0.2) is 22.0 Å². The highest BCUT2D eigenvalue weighted by molar-refractivity contribution is 7.91. The molecule has 0 amide bonds. The topological polar surface area (TPSA) is 121 Å². The average molecular weight is 335 g/mol. The fourth-order valence-corrected chi connectivity index (χ4v) is 5.80. The molecule has 0 bridgehead atoms. The van der Waals surface area contributed by atoms with E-state index in [0.717, 1.165) is 15.6 Å². The molecule has 1 aliphatic rings. The van der Waals surface area contributed by atoms with Crippen molar-refractivity contribution in [2.45, 2.75) is 22.3 Å². The molecule has 110 valence electrons. The molecule has 2 rings (SSSR count). The minimum atomic E-state index is -3.76. The van der Waals surface area contributed by atoms with Crippen molar-refractivity contribution in [2.24, 2.45) is 5.14 Å². The maximum atomic E-state index is 12.4. The standard InChI is InChI=1S/C10H13N3O4S3/c11-6-8-3-4-10(18-8)20(16,17)13-5-1-2-9(7-13)19(12,14)15/h3-4,9H,1-2,5,7H2,(H2,12,14,15). The number of thiophene rings is 1. The summed E-state index contributed by atoms with van der Waals surface area (Å²) in [7, 11) is -7.52. The molecule has 7 nitrogen and oxygen atoms in total. The van der Waals surface area contributed by atoms with Crippen LogP contribution in [0, 0.1) is 11.3 Å². The van der Waals surface area contributed by atoms with E-state index in [-0.39, 0.29) is 17.3 Å². The van der Waals surface area contributed by atoms with Gasteiger partial charge in [-0.15, -0.1) is 11.3 Å². The van der Waals surface area contributed by atoms with E-state index in [0.29, 0.717) is 17.7 Å². The zero-order valence-corrected chi connectivity index (χ0v) is 12.8. The molecular weight excluding hydrogens is 322 g/mol. The zero-order valence-electron chi connectivity index (χ0n) is 10.4. The molecular formula is C10H13N3O4S3. The first-order valence-electron chi connectivity index (χ1n) is 5.77. The summed E-state index contributed by atoms with van der Waals surface area (Å²) >= 11 is 0.871. The fourth-order valence-electron chi connectivity index (χ4n) is 2.04. The Bertz CT molecular complexity index is 745. The second kappa shape index (κ2) is 5.42. The number of hydrogen-bond donors (Lipinski definition) is 1. The van der Waals surface area contributed by atoms with Gasteiger partial charge in [-0.05, 0) is 25.0 Å². The predicted molar refractivity (Wildman–Crippen MR) is 73.9 cm³/mol. The van der Waals surface area contributed by atoms with Gasteiger partial charge < -0.3 is 0 Å². The van der Waals surface area contributed by atoms with E-state index >= 15 is 0 Å². The summed E-state index contributed by atoms with van der Waals surface area (Å²) in [6.07, 6.45) is 0.801. The lowest BCUT2D eigenvalue weighted by atomic mass is 10.2. The van der Waals surface area contributed by atoms with Gasteiger partial charge in [0.1, 0.15) is 15.2 Å². The van der Waals surface area contributed by atoms with Gasteiger partial charge in [0.25, 0.3) is 10.0 Å². The van der Waals surface area contributed by atoms with E-state index in [1.807, 2.05) is 6.07 Å². The largest absolute Gasteiger partial charge is 0.252 e. The van der Waals surface area contributed by atoms with Crippen LogP contribution in [0.15, 0.2) is 16.3 Å². The Balaban J connectivity index is 2.28. The lowest BCUT2D eigenvalue weighted by molar-refractivity contribution is 0.346. The number of nitriles is 1. The maximum absolute atomic E-state index is 12.4. The number of sulfonamides is 2. The number of piperidine rings is 1. The molecule has 20 heavy (non-hydrogen) atoms. The summed E-state index contributed by atoms with van der Waals surface area (Å²) in [4.78, 5) is 0.295. The SMILES string of the molecule is N#Cc1ccc(S(=O)(=O)N2CCCC(S(N)(=O)=O)C2)s1. The molecule has 0 aromatic carbocycles. The molecule has 1 unspecified atom stereocenters. The number of hydrogen-bond acceptors (Lipinski definition) is 6. The smallest absolute Gasteiger partial charge is 0.228 e. The Morgan fingerprint density at radius 1 is 1.35 bits per heavy atom. The number of nitrogens with two attached hydrogens (primary N) is 1. The van der Waals surface area contributed by atoms with Crippen molar-refractivity contribution in [3.8, 4) is 6.07 Å². The van der Waals surface area contributed by atoms with E-state index < -0.39 is 25.3 Å². The Kier molecular flexibility index (Phi) is 4.17. The average Bonchev–Trinajstić information content (AvgIpc) is 2.87. The monoisotopic (exact) mass is 335 g/mol. The minimum absolute atomic E-state index is 0.0455. The molecule has 10 heteroatoms. The maximum Gasteiger partial charge on any atom is 0.252 e. The summed E-state index contributed by atoms with van der Waals surface area (Å²) in [6, 6.07) is 4.66. The van der Waals surface area contributed by atoms with Crippen molar-refractivity contribution in [3.05, 3.63) is 17.0 Å². The molecule has 1 fully saturated rings. The molecule has 1 aromatic rings. The van der Waals surface area contributed by atoms with Crippen LogP contribution in [0.2, 0.25) is 0 Å². The predicted octanol–water partition coefficient (Wildman–Crippen LogP) is 0.0614. The molecule has 1 aromatic heterocycles. The van der Waals surface area contributed by atoms with Crippen molar-refractivity contribution >= 4 is 31.4 Å². The summed E-state index contributed by atoms with van der Waals surface area (Å²) in [5.41, 5.74) is 0. The molecule has 2 N–H and O–H groups in total. The highest BCUT2D eigenvalue weighted by Gasteiger charge is 2.35. The molecule has 0 aliphatic carbocycles. The molecule has 1 atom stereocenters. The van der Waals surface area contributed by atoms with Gasteiger partial charge in [0, 0.05) is 13.1 Å². The number of nitrogens with zero attached hydrogens (tertiary/aromatic N) is 2. The molecule has 0 spiro atoms. The van der Waals surface area contributed by atoms with Crippen LogP contribution in [0.25, 0.3) is 0 Å². The van der Waals surface area contributed by atoms with Crippen molar-refractivity contribution in [1.82, 2.24) is 4.31 Å². The lowest BCUT2D eigenvalue weighted by Crippen LogP contribution is -2.46. The lowest BCUT2D eigenvalue weighted by Gasteiger charge is -2.30. The van der Waals surface area contributed by atoms with Crippen LogP contribution in [-0.2, 0) is 20.0 Å². The van der Waals surface area contributed by atoms with Gasteiger partial charge >= 0.3 is 0 Å². The Morgan fingerprint density at radius 3 is 2.60 bits per heavy atom. The Hall–Kier alpha value is -0.990. The summed E-state index contributed by atoms with van der Waals surface area (Å²) in [5, 5.41) is 12.9. The summed E-state index contributed by atoms with van der Waals surface area (Å²) < 4.78 is 48.7. The van der Waals surface area contributed by atoms with Crippen LogP contribution in [-0.4, -0.2) is 39.5 Å². The van der Waals surface area contributed by atoms with E-state index in [4.69, 9.17) is 10.4 Å². The number of primary sulfonamides is 1. The van der Waals surface area contributed by atoms with Gasteiger partial charge in [0.2, 0.25) is 10.0 Å². The van der Waals surface area contributed by atoms with Crippen LogP contribution >= 0.6 is 11.3 Å². The van der Waals surface area contributed by atoms with Gasteiger partial charge in [0.05, 0.1) is 5.25 Å². The summed E-state index contributed by atoms with van der Waals surface area (Å²) in [6.45, 7) is 0.120. The first-order valence-corrected chi connectivity index (χ1v) is 9.63. The third-order valence-electron chi connectivity index (χ3n) is 3.09. The van der Waals surface area contributed by atoms with E-state index in [2.05, 4.69) is 0 Å². The van der Waals surface area contributed by atoms with Crippen molar-refractivity contribution in [2.75, 3.05) is 13.1 Å². The second-order valence-corrected chi connectivity index (χ2v) is 9.54. The third kappa shape index (κ3) is 3.02. The van der Waals surface area contributed by atoms with Gasteiger partial charge in [-0.3, -0.25) is 0 Å². The second-order valence-electron chi connectivity index (χ2n) is 4.45. The van der Waals surface area contributed by atoms with Crippen molar-refractivity contribution in [3.63, 3.8) is 0 Å². The minimum Gasteiger partial charge on any atom is -0.228 e. The van der Waals surface area contributed by atoms with E-state index in [1.165, 1.54) is 12.1 Å². The van der Waals surface area contributed by atoms with Crippen LogP contribution in [0.1, 0.15) is 17.7 Å².